The third-order valence-electron chi connectivity index (χ3n) is 0.639. The lowest BCUT2D eigenvalue weighted by atomic mass is 10.7. The van der Waals surface area contributed by atoms with Gasteiger partial charge in [0.2, 0.25) is 5.82 Å². The number of hydrogen-bond acceptors (Lipinski definition) is 3. The molecule has 1 radical (unpaired) electrons. The molecule has 1 aromatic rings. The van der Waals surface area contributed by atoms with Gasteiger partial charge in [0.15, 0.2) is 0 Å². The summed E-state index contributed by atoms with van der Waals surface area (Å²) in [5, 5.41) is 15.0. The van der Waals surface area contributed by atoms with Crippen molar-refractivity contribution in [2.75, 3.05) is 0 Å². The lowest BCUT2D eigenvalue weighted by Gasteiger charge is -1.68. The van der Waals surface area contributed by atoms with Crippen LogP contribution in [-0.4, -0.2) is 15.2 Å². The number of hydrogen-bond donors (Lipinski definition) is 1. The quantitative estimate of drug-likeness (QED) is 0.501. The Morgan fingerprint density at radius 2 is 2.38 bits per heavy atom. The Balaban J connectivity index is 3.05. The van der Waals surface area contributed by atoms with Crippen molar-refractivity contribution in [2.45, 2.75) is 0 Å². The van der Waals surface area contributed by atoms with Crippen molar-refractivity contribution in [3.8, 4) is 6.07 Å². The average Bonchev–Trinajstić information content (AvgIpc) is 2.14. The molecule has 1 rings (SSSR count). The molecule has 0 bridgehead atoms. The molecule has 0 aliphatic heterocycles. The van der Waals surface area contributed by atoms with Gasteiger partial charge in [0.25, 0.3) is 0 Å². The Labute approximate surface area is 46.2 Å². The molecule has 1 heterocycles. The smallest absolute Gasteiger partial charge is 0.232 e. The van der Waals surface area contributed by atoms with Crippen molar-refractivity contribution in [2.24, 2.45) is 0 Å². The number of rotatable bonds is 0. The average molecular weight is 107 g/mol. The predicted octanol–water partition coefficient (Wildman–Crippen LogP) is -0.141. The summed E-state index contributed by atoms with van der Waals surface area (Å²) in [5.41, 5.74) is 0. The van der Waals surface area contributed by atoms with Crippen molar-refractivity contribution in [3.63, 3.8) is 0 Å². The summed E-state index contributed by atoms with van der Waals surface area (Å²) in [7, 11) is 0. The molecule has 0 saturated heterocycles. The maximum atomic E-state index is 8.14. The van der Waals surface area contributed by atoms with Gasteiger partial charge in [-0.05, 0) is 0 Å². The van der Waals surface area contributed by atoms with Gasteiger partial charge in [0.05, 0.1) is 0 Å². The van der Waals surface area contributed by atoms with Crippen LogP contribution in [0.2, 0.25) is 0 Å². The van der Waals surface area contributed by atoms with Gasteiger partial charge in [-0.3, -0.25) is 0 Å². The molecular formula is C4H3N4. The third kappa shape index (κ3) is 0.658. The molecule has 0 spiro atoms. The van der Waals surface area contributed by atoms with E-state index >= 15 is 0 Å². The lowest BCUT2D eigenvalue weighted by molar-refractivity contribution is 1.05. The highest BCUT2D eigenvalue weighted by atomic mass is 15.2. The number of aromatic amines is 1. The number of H-pyrrole nitrogens is 1. The highest BCUT2D eigenvalue weighted by Crippen LogP contribution is 1.84. The summed E-state index contributed by atoms with van der Waals surface area (Å²) >= 11 is 0. The van der Waals surface area contributed by atoms with Gasteiger partial charge in [-0.2, -0.15) is 5.26 Å². The molecule has 0 unspecified atom stereocenters. The molecule has 4 nitrogen and oxygen atoms in total. The number of nitrogens with one attached hydrogen (secondary N) is 1. The van der Waals surface area contributed by atoms with Crippen molar-refractivity contribution < 1.29 is 0 Å². The standard InChI is InChI=1S/C4H3N4/c1-3-6-4(2-5)8-7-3/h1H2,(H,6,7,8). The summed E-state index contributed by atoms with van der Waals surface area (Å²) in [4.78, 5) is 2.53. The molecule has 1 aromatic heterocycles. The van der Waals surface area contributed by atoms with Crippen molar-refractivity contribution >= 4 is 0 Å². The van der Waals surface area contributed by atoms with E-state index in [1.807, 2.05) is 0 Å². The van der Waals surface area contributed by atoms with Gasteiger partial charge >= 0.3 is 0 Å². The number of aromatic nitrogens is 3. The maximum absolute atomic E-state index is 8.14. The second-order valence-corrected chi connectivity index (χ2v) is 1.23. The van der Waals surface area contributed by atoms with Crippen molar-refractivity contribution in [1.29, 1.82) is 5.26 Å². The molecule has 0 fully saturated rings. The fourth-order valence-corrected chi connectivity index (χ4v) is 0.347. The van der Waals surface area contributed by atoms with Crippen molar-refractivity contribution in [3.05, 3.63) is 18.6 Å². The van der Waals surface area contributed by atoms with E-state index in [9.17, 15) is 0 Å². The summed E-state index contributed by atoms with van der Waals surface area (Å²) in [5.74, 6) is 0.622. The van der Waals surface area contributed by atoms with Gasteiger partial charge in [0, 0.05) is 6.92 Å². The first-order chi connectivity index (χ1) is 3.83. The molecule has 0 saturated carbocycles. The van der Waals surface area contributed by atoms with Crippen LogP contribution in [0, 0.1) is 18.3 Å². The molecule has 8 heavy (non-hydrogen) atoms. The minimum absolute atomic E-state index is 0.204. The second-order valence-electron chi connectivity index (χ2n) is 1.23. The summed E-state index contributed by atoms with van der Waals surface area (Å²) in [6.45, 7) is 3.41. The molecule has 0 amide bonds. The first kappa shape index (κ1) is 4.78. The lowest BCUT2D eigenvalue weighted by Crippen LogP contribution is -1.73. The highest BCUT2D eigenvalue weighted by Gasteiger charge is 1.91. The third-order valence-corrected chi connectivity index (χ3v) is 0.639. The van der Waals surface area contributed by atoms with E-state index in [1.54, 1.807) is 6.07 Å². The van der Waals surface area contributed by atoms with E-state index in [2.05, 4.69) is 22.1 Å². The van der Waals surface area contributed by atoms with Crippen LogP contribution < -0.4 is 0 Å². The van der Waals surface area contributed by atoms with Gasteiger partial charge in [-0.15, -0.1) is 10.2 Å². The van der Waals surface area contributed by atoms with Crippen molar-refractivity contribution in [1.82, 2.24) is 15.2 Å². The predicted molar refractivity (Wildman–Crippen MR) is 25.6 cm³/mol. The fraction of sp³-hybridized carbons (Fsp3) is 0. The Bertz CT molecular complexity index is 218. The van der Waals surface area contributed by atoms with Crippen LogP contribution in [-0.2, 0) is 0 Å². The Kier molecular flexibility index (Phi) is 0.968. The molecular weight excluding hydrogens is 104 g/mol. The van der Waals surface area contributed by atoms with Crippen LogP contribution in [0.1, 0.15) is 11.6 Å². The summed E-state index contributed by atoms with van der Waals surface area (Å²) < 4.78 is 0. The number of nitrogens with zero attached hydrogens (tertiary/aromatic N) is 3. The Hall–Kier alpha value is -1.37. The first-order valence-corrected chi connectivity index (χ1v) is 1.97. The van der Waals surface area contributed by atoms with Gasteiger partial charge in [0.1, 0.15) is 11.9 Å². The minimum atomic E-state index is 0.204. The summed E-state index contributed by atoms with van der Waals surface area (Å²) in [6, 6.07) is 1.78. The first-order valence-electron chi connectivity index (χ1n) is 1.97. The van der Waals surface area contributed by atoms with Crippen LogP contribution >= 0.6 is 0 Å². The largest absolute Gasteiger partial charge is 0.317 e. The highest BCUT2D eigenvalue weighted by molar-refractivity contribution is 5.08. The van der Waals surface area contributed by atoms with Crippen LogP contribution in [0.4, 0.5) is 0 Å². The van der Waals surface area contributed by atoms with E-state index < -0.39 is 0 Å². The molecule has 0 aliphatic rings. The van der Waals surface area contributed by atoms with Crippen LogP contribution in [0.3, 0.4) is 0 Å². The van der Waals surface area contributed by atoms with E-state index in [4.69, 9.17) is 5.26 Å². The van der Waals surface area contributed by atoms with E-state index in [0.717, 1.165) is 0 Å². The monoisotopic (exact) mass is 107 g/mol. The fourth-order valence-electron chi connectivity index (χ4n) is 0.347. The second kappa shape index (κ2) is 1.62. The molecule has 0 atom stereocenters. The van der Waals surface area contributed by atoms with Gasteiger partial charge in [-0.1, -0.05) is 0 Å². The maximum Gasteiger partial charge on any atom is 0.232 e. The molecule has 39 valence electrons. The molecule has 4 heteroatoms. The van der Waals surface area contributed by atoms with Crippen LogP contribution in [0.25, 0.3) is 0 Å². The number of nitriles is 1. The summed E-state index contributed by atoms with van der Waals surface area (Å²) in [6.07, 6.45) is 0. The molecule has 1 N–H and O–H groups in total. The normalized spacial score (nSPS) is 8.50. The van der Waals surface area contributed by atoms with Crippen LogP contribution in [0.5, 0.6) is 0 Å². The molecule has 0 aromatic carbocycles. The van der Waals surface area contributed by atoms with Crippen LogP contribution in [0.15, 0.2) is 0 Å². The Morgan fingerprint density at radius 3 is 2.62 bits per heavy atom. The van der Waals surface area contributed by atoms with E-state index in [0.29, 0.717) is 5.82 Å². The Morgan fingerprint density at radius 1 is 1.62 bits per heavy atom. The zero-order valence-corrected chi connectivity index (χ0v) is 4.05. The van der Waals surface area contributed by atoms with E-state index in [1.165, 1.54) is 0 Å². The van der Waals surface area contributed by atoms with E-state index in [-0.39, 0.29) is 5.82 Å². The molecule has 0 aliphatic carbocycles. The van der Waals surface area contributed by atoms with Gasteiger partial charge < -0.3 is 4.98 Å². The topological polar surface area (TPSA) is 65.4 Å². The zero-order chi connectivity index (χ0) is 5.98. The zero-order valence-electron chi connectivity index (χ0n) is 4.05. The van der Waals surface area contributed by atoms with Gasteiger partial charge in [-0.25, -0.2) is 0 Å². The minimum Gasteiger partial charge on any atom is -0.317 e. The SMILES string of the molecule is [CH2]c1nnc(C#N)[nH]1.